The number of nitrogens with two attached hydrogens (primary N) is 2. The van der Waals surface area contributed by atoms with Crippen LogP contribution in [0.2, 0.25) is 5.02 Å². The van der Waals surface area contributed by atoms with Crippen molar-refractivity contribution in [1.29, 1.82) is 0 Å². The zero-order valence-electron chi connectivity index (χ0n) is 10.9. The highest BCUT2D eigenvalue weighted by atomic mass is 35.5. The van der Waals surface area contributed by atoms with Gasteiger partial charge in [0.05, 0.1) is 12.1 Å². The molecule has 1 rings (SSSR count). The SMILES string of the molecule is COc1c(Cl)cc(C(N)CN)cc1C(C)(C)C. The molecule has 0 aliphatic rings. The summed E-state index contributed by atoms with van der Waals surface area (Å²) < 4.78 is 5.37. The molecule has 0 heterocycles. The maximum Gasteiger partial charge on any atom is 0.141 e. The second-order valence-corrected chi connectivity index (χ2v) is 5.58. The Bertz CT molecular complexity index is 399. The van der Waals surface area contributed by atoms with Gasteiger partial charge in [-0.25, -0.2) is 0 Å². The minimum atomic E-state index is -0.195. The fraction of sp³-hybridized carbons (Fsp3) is 0.538. The molecule has 0 amide bonds. The van der Waals surface area contributed by atoms with Crippen LogP contribution in [0.15, 0.2) is 12.1 Å². The van der Waals surface area contributed by atoms with Crippen molar-refractivity contribution in [3.05, 3.63) is 28.3 Å². The lowest BCUT2D eigenvalue weighted by Crippen LogP contribution is -2.22. The quantitative estimate of drug-likeness (QED) is 0.874. The van der Waals surface area contributed by atoms with E-state index in [1.165, 1.54) is 0 Å². The van der Waals surface area contributed by atoms with Crippen molar-refractivity contribution >= 4 is 11.6 Å². The van der Waals surface area contributed by atoms with Gasteiger partial charge in [-0.3, -0.25) is 0 Å². The van der Waals surface area contributed by atoms with Crippen molar-refractivity contribution in [2.75, 3.05) is 13.7 Å². The van der Waals surface area contributed by atoms with Gasteiger partial charge in [-0.2, -0.15) is 0 Å². The van der Waals surface area contributed by atoms with Crippen LogP contribution in [0.4, 0.5) is 0 Å². The van der Waals surface area contributed by atoms with Crippen molar-refractivity contribution < 1.29 is 4.74 Å². The Balaban J connectivity index is 3.39. The fourth-order valence-corrected chi connectivity index (χ4v) is 2.03. The van der Waals surface area contributed by atoms with Crippen LogP contribution in [-0.2, 0) is 5.41 Å². The number of hydrogen-bond donors (Lipinski definition) is 2. The maximum absolute atomic E-state index is 6.22. The third-order valence-electron chi connectivity index (χ3n) is 2.76. The van der Waals surface area contributed by atoms with Crippen LogP contribution >= 0.6 is 11.6 Å². The van der Waals surface area contributed by atoms with Gasteiger partial charge >= 0.3 is 0 Å². The molecule has 4 N–H and O–H groups in total. The van der Waals surface area contributed by atoms with Gasteiger partial charge in [0.1, 0.15) is 5.75 Å². The van der Waals surface area contributed by atoms with E-state index in [2.05, 4.69) is 20.8 Å². The average molecular weight is 257 g/mol. The summed E-state index contributed by atoms with van der Waals surface area (Å²) in [6, 6.07) is 3.66. The van der Waals surface area contributed by atoms with Crippen molar-refractivity contribution in [1.82, 2.24) is 0 Å². The van der Waals surface area contributed by atoms with Gasteiger partial charge in [-0.15, -0.1) is 0 Å². The first kappa shape index (κ1) is 14.3. The van der Waals surface area contributed by atoms with Gasteiger partial charge in [0.2, 0.25) is 0 Å². The van der Waals surface area contributed by atoms with Crippen LogP contribution in [0, 0.1) is 0 Å². The predicted molar refractivity (Wildman–Crippen MR) is 72.7 cm³/mol. The molecule has 0 saturated heterocycles. The smallest absolute Gasteiger partial charge is 0.141 e. The van der Waals surface area contributed by atoms with Gasteiger partial charge in [-0.1, -0.05) is 32.4 Å². The summed E-state index contributed by atoms with van der Waals surface area (Å²) in [5.41, 5.74) is 13.5. The standard InChI is InChI=1S/C13H21ClN2O/c1-13(2,3)9-5-8(11(16)7-15)6-10(14)12(9)17-4/h5-6,11H,7,15-16H2,1-4H3. The highest BCUT2D eigenvalue weighted by Crippen LogP contribution is 2.38. The normalized spacial score (nSPS) is 13.6. The van der Waals surface area contributed by atoms with Crippen molar-refractivity contribution in [2.24, 2.45) is 11.5 Å². The second-order valence-electron chi connectivity index (χ2n) is 5.18. The van der Waals surface area contributed by atoms with E-state index in [-0.39, 0.29) is 11.5 Å². The molecule has 0 radical (unpaired) electrons. The molecule has 4 heteroatoms. The molecule has 0 fully saturated rings. The topological polar surface area (TPSA) is 61.3 Å². The van der Waals surface area contributed by atoms with E-state index in [0.29, 0.717) is 17.3 Å². The third-order valence-corrected chi connectivity index (χ3v) is 3.04. The first-order valence-corrected chi connectivity index (χ1v) is 6.02. The van der Waals surface area contributed by atoms with E-state index in [9.17, 15) is 0 Å². The van der Waals surface area contributed by atoms with E-state index < -0.39 is 0 Å². The number of halogens is 1. The highest BCUT2D eigenvalue weighted by molar-refractivity contribution is 6.32. The molecule has 1 atom stereocenters. The Morgan fingerprint density at radius 1 is 1.35 bits per heavy atom. The van der Waals surface area contributed by atoms with E-state index >= 15 is 0 Å². The Morgan fingerprint density at radius 2 is 1.94 bits per heavy atom. The number of methoxy groups -OCH3 is 1. The molecule has 0 saturated carbocycles. The van der Waals surface area contributed by atoms with E-state index in [0.717, 1.165) is 11.1 Å². The molecule has 1 aromatic carbocycles. The van der Waals surface area contributed by atoms with Crippen molar-refractivity contribution in [3.8, 4) is 5.75 Å². The minimum Gasteiger partial charge on any atom is -0.495 e. The molecule has 17 heavy (non-hydrogen) atoms. The largest absolute Gasteiger partial charge is 0.495 e. The van der Waals surface area contributed by atoms with Gasteiger partial charge in [0.15, 0.2) is 0 Å². The Morgan fingerprint density at radius 3 is 2.35 bits per heavy atom. The van der Waals surface area contributed by atoms with Crippen molar-refractivity contribution in [2.45, 2.75) is 32.2 Å². The lowest BCUT2D eigenvalue weighted by atomic mass is 9.84. The van der Waals surface area contributed by atoms with Crippen LogP contribution in [0.1, 0.15) is 37.9 Å². The first-order valence-electron chi connectivity index (χ1n) is 5.64. The van der Waals surface area contributed by atoms with Gasteiger partial charge in [-0.05, 0) is 23.1 Å². The van der Waals surface area contributed by atoms with E-state index in [1.807, 2.05) is 12.1 Å². The molecule has 0 aliphatic carbocycles. The zero-order chi connectivity index (χ0) is 13.2. The van der Waals surface area contributed by atoms with Crippen LogP contribution in [0.25, 0.3) is 0 Å². The third kappa shape index (κ3) is 3.12. The molecule has 96 valence electrons. The molecule has 1 unspecified atom stereocenters. The summed E-state index contributed by atoms with van der Waals surface area (Å²) in [5, 5.41) is 0.582. The lowest BCUT2D eigenvalue weighted by Gasteiger charge is -2.25. The Labute approximate surface area is 108 Å². The van der Waals surface area contributed by atoms with E-state index in [1.54, 1.807) is 7.11 Å². The zero-order valence-corrected chi connectivity index (χ0v) is 11.6. The summed E-state index contributed by atoms with van der Waals surface area (Å²) in [6.07, 6.45) is 0. The molecule has 0 aliphatic heterocycles. The monoisotopic (exact) mass is 256 g/mol. The van der Waals surface area contributed by atoms with Crippen LogP contribution in [0.5, 0.6) is 5.75 Å². The second kappa shape index (κ2) is 5.25. The molecule has 0 spiro atoms. The molecule has 0 bridgehead atoms. The molecule has 1 aromatic rings. The predicted octanol–water partition coefficient (Wildman–Crippen LogP) is 2.60. The summed E-state index contributed by atoms with van der Waals surface area (Å²) in [7, 11) is 1.62. The Kier molecular flexibility index (Phi) is 4.42. The van der Waals surface area contributed by atoms with Crippen LogP contribution in [-0.4, -0.2) is 13.7 Å². The number of benzene rings is 1. The maximum atomic E-state index is 6.22. The van der Waals surface area contributed by atoms with E-state index in [4.69, 9.17) is 27.8 Å². The summed E-state index contributed by atoms with van der Waals surface area (Å²) >= 11 is 6.22. The molecular formula is C13H21ClN2O. The number of rotatable bonds is 3. The summed E-state index contributed by atoms with van der Waals surface area (Å²) in [4.78, 5) is 0. The number of ether oxygens (including phenoxy) is 1. The molecular weight excluding hydrogens is 236 g/mol. The minimum absolute atomic E-state index is 0.0562. The van der Waals surface area contributed by atoms with Gasteiger partial charge in [0.25, 0.3) is 0 Å². The summed E-state index contributed by atoms with van der Waals surface area (Å²) in [5.74, 6) is 0.715. The summed E-state index contributed by atoms with van der Waals surface area (Å²) in [6.45, 7) is 6.73. The van der Waals surface area contributed by atoms with Gasteiger partial charge in [0, 0.05) is 18.2 Å². The van der Waals surface area contributed by atoms with Crippen LogP contribution < -0.4 is 16.2 Å². The average Bonchev–Trinajstić information content (AvgIpc) is 2.25. The Hall–Kier alpha value is -0.770. The molecule has 3 nitrogen and oxygen atoms in total. The molecule has 0 aromatic heterocycles. The van der Waals surface area contributed by atoms with Gasteiger partial charge < -0.3 is 16.2 Å². The first-order chi connectivity index (χ1) is 7.81. The number of hydrogen-bond acceptors (Lipinski definition) is 3. The highest BCUT2D eigenvalue weighted by Gasteiger charge is 2.22. The van der Waals surface area contributed by atoms with Crippen LogP contribution in [0.3, 0.4) is 0 Å². The fourth-order valence-electron chi connectivity index (χ4n) is 1.73. The van der Waals surface area contributed by atoms with Crippen molar-refractivity contribution in [3.63, 3.8) is 0 Å². The lowest BCUT2D eigenvalue weighted by molar-refractivity contribution is 0.397.